The van der Waals surface area contributed by atoms with E-state index < -0.39 is 0 Å². The van der Waals surface area contributed by atoms with E-state index >= 15 is 0 Å². The summed E-state index contributed by atoms with van der Waals surface area (Å²) in [4.78, 5) is 15.1. The molecule has 0 fully saturated rings. The van der Waals surface area contributed by atoms with E-state index in [9.17, 15) is 4.79 Å². The highest BCUT2D eigenvalue weighted by Gasteiger charge is 2.03. The van der Waals surface area contributed by atoms with Crippen molar-refractivity contribution in [2.24, 2.45) is 5.10 Å². The highest BCUT2D eigenvalue weighted by molar-refractivity contribution is 5.99. The predicted octanol–water partition coefficient (Wildman–Crippen LogP) is 4.36. The SMILES string of the molecule is O=C(COc1ccc(-c2ccccc2)cc1)NN=Cc1c[nH]c2ccccc12. The van der Waals surface area contributed by atoms with Gasteiger partial charge in [-0.15, -0.1) is 0 Å². The molecule has 0 saturated carbocycles. The van der Waals surface area contributed by atoms with Gasteiger partial charge in [-0.1, -0.05) is 60.7 Å². The second kappa shape index (κ2) is 8.22. The minimum absolute atomic E-state index is 0.101. The zero-order chi connectivity index (χ0) is 19.2. The second-order valence-corrected chi connectivity index (χ2v) is 6.26. The Labute approximate surface area is 162 Å². The molecule has 5 nitrogen and oxygen atoms in total. The maximum absolute atomic E-state index is 11.9. The van der Waals surface area contributed by atoms with Gasteiger partial charge in [0.1, 0.15) is 5.75 Å². The fourth-order valence-corrected chi connectivity index (χ4v) is 2.93. The lowest BCUT2D eigenvalue weighted by molar-refractivity contribution is -0.123. The lowest BCUT2D eigenvalue weighted by atomic mass is 10.1. The van der Waals surface area contributed by atoms with Crippen molar-refractivity contribution in [3.8, 4) is 16.9 Å². The van der Waals surface area contributed by atoms with Gasteiger partial charge in [-0.25, -0.2) is 5.43 Å². The summed E-state index contributed by atoms with van der Waals surface area (Å²) in [6.07, 6.45) is 3.47. The minimum atomic E-state index is -0.316. The van der Waals surface area contributed by atoms with Crippen molar-refractivity contribution < 1.29 is 9.53 Å². The fourth-order valence-electron chi connectivity index (χ4n) is 2.93. The third-order valence-corrected chi connectivity index (χ3v) is 4.35. The molecule has 0 saturated heterocycles. The van der Waals surface area contributed by atoms with E-state index in [2.05, 4.69) is 27.6 Å². The van der Waals surface area contributed by atoms with E-state index in [-0.39, 0.29) is 12.5 Å². The molecular weight excluding hydrogens is 350 g/mol. The van der Waals surface area contributed by atoms with Crippen LogP contribution in [-0.4, -0.2) is 23.7 Å². The van der Waals surface area contributed by atoms with Crippen molar-refractivity contribution in [1.82, 2.24) is 10.4 Å². The summed E-state index contributed by atoms with van der Waals surface area (Å²) in [5.74, 6) is 0.318. The van der Waals surface area contributed by atoms with Crippen molar-refractivity contribution in [2.45, 2.75) is 0 Å². The second-order valence-electron chi connectivity index (χ2n) is 6.26. The van der Waals surface area contributed by atoms with Crippen molar-refractivity contribution in [3.63, 3.8) is 0 Å². The summed E-state index contributed by atoms with van der Waals surface area (Å²) >= 11 is 0. The average molecular weight is 369 g/mol. The third kappa shape index (κ3) is 4.10. The monoisotopic (exact) mass is 369 g/mol. The van der Waals surface area contributed by atoms with E-state index in [4.69, 9.17) is 4.74 Å². The zero-order valence-electron chi connectivity index (χ0n) is 15.1. The van der Waals surface area contributed by atoms with Crippen LogP contribution in [0, 0.1) is 0 Å². The number of hydrogen-bond donors (Lipinski definition) is 2. The van der Waals surface area contributed by atoms with Crippen LogP contribution in [0.15, 0.2) is 90.2 Å². The molecule has 4 rings (SSSR count). The summed E-state index contributed by atoms with van der Waals surface area (Å²) < 4.78 is 5.52. The summed E-state index contributed by atoms with van der Waals surface area (Å²) in [5, 5.41) is 5.06. The van der Waals surface area contributed by atoms with E-state index in [1.54, 1.807) is 6.21 Å². The molecule has 2 N–H and O–H groups in total. The number of nitrogens with one attached hydrogen (secondary N) is 2. The lowest BCUT2D eigenvalue weighted by Gasteiger charge is -2.06. The van der Waals surface area contributed by atoms with Gasteiger partial charge < -0.3 is 9.72 Å². The number of ether oxygens (including phenoxy) is 1. The number of fused-ring (bicyclic) bond motifs is 1. The molecular formula is C23H19N3O2. The van der Waals surface area contributed by atoms with Crippen molar-refractivity contribution in [3.05, 3.63) is 90.6 Å². The molecule has 3 aromatic carbocycles. The standard InChI is InChI=1S/C23H19N3O2/c27-23(26-25-15-19-14-24-22-9-5-4-8-21(19)22)16-28-20-12-10-18(11-13-20)17-6-2-1-3-7-17/h1-15,24H,16H2,(H,26,27). The van der Waals surface area contributed by atoms with Crippen molar-refractivity contribution in [1.29, 1.82) is 0 Å². The molecule has 1 heterocycles. The average Bonchev–Trinajstić information content (AvgIpc) is 3.16. The normalized spacial score (nSPS) is 11.0. The molecule has 1 amide bonds. The van der Waals surface area contributed by atoms with Crippen LogP contribution in [0.5, 0.6) is 5.75 Å². The van der Waals surface area contributed by atoms with Gasteiger partial charge in [-0.3, -0.25) is 4.79 Å². The number of aromatic amines is 1. The molecule has 28 heavy (non-hydrogen) atoms. The number of H-pyrrole nitrogens is 1. The quantitative estimate of drug-likeness (QED) is 0.392. The Morgan fingerprint density at radius 3 is 2.46 bits per heavy atom. The Morgan fingerprint density at radius 1 is 0.929 bits per heavy atom. The first-order chi connectivity index (χ1) is 13.8. The van der Waals surface area contributed by atoms with Gasteiger partial charge in [0.15, 0.2) is 6.61 Å². The largest absolute Gasteiger partial charge is 0.484 e. The van der Waals surface area contributed by atoms with Crippen LogP contribution in [0.25, 0.3) is 22.0 Å². The molecule has 0 aliphatic rings. The predicted molar refractivity (Wildman–Crippen MR) is 111 cm³/mol. The molecule has 0 aliphatic heterocycles. The number of rotatable bonds is 6. The maximum atomic E-state index is 11.9. The Morgan fingerprint density at radius 2 is 1.64 bits per heavy atom. The van der Waals surface area contributed by atoms with E-state index in [1.165, 1.54) is 0 Å². The number of carbonyl (C=O) groups excluding carboxylic acids is 1. The molecule has 0 radical (unpaired) electrons. The van der Waals surface area contributed by atoms with Crippen LogP contribution in [-0.2, 0) is 4.79 Å². The summed E-state index contributed by atoms with van der Waals surface area (Å²) in [7, 11) is 0. The molecule has 1 aromatic heterocycles. The fraction of sp³-hybridized carbons (Fsp3) is 0.0435. The number of para-hydroxylation sites is 1. The summed E-state index contributed by atoms with van der Waals surface area (Å²) in [6, 6.07) is 25.6. The van der Waals surface area contributed by atoms with E-state index in [0.717, 1.165) is 27.6 Å². The van der Waals surface area contributed by atoms with Crippen LogP contribution in [0.2, 0.25) is 0 Å². The zero-order valence-corrected chi connectivity index (χ0v) is 15.1. The number of aromatic nitrogens is 1. The first-order valence-corrected chi connectivity index (χ1v) is 8.96. The molecule has 0 aliphatic carbocycles. The van der Waals surface area contributed by atoms with Crippen LogP contribution in [0.3, 0.4) is 0 Å². The van der Waals surface area contributed by atoms with Gasteiger partial charge in [0.2, 0.25) is 0 Å². The molecule has 0 unspecified atom stereocenters. The molecule has 0 spiro atoms. The molecule has 5 heteroatoms. The highest BCUT2D eigenvalue weighted by atomic mass is 16.5. The molecule has 4 aromatic rings. The number of hydrazone groups is 1. The van der Waals surface area contributed by atoms with Crippen LogP contribution in [0.4, 0.5) is 0 Å². The first kappa shape index (κ1) is 17.5. The van der Waals surface area contributed by atoms with Gasteiger partial charge in [0, 0.05) is 22.7 Å². The van der Waals surface area contributed by atoms with Crippen LogP contribution in [0.1, 0.15) is 5.56 Å². The highest BCUT2D eigenvalue weighted by Crippen LogP contribution is 2.22. The minimum Gasteiger partial charge on any atom is -0.484 e. The maximum Gasteiger partial charge on any atom is 0.277 e. The third-order valence-electron chi connectivity index (χ3n) is 4.35. The number of carbonyl (C=O) groups is 1. The first-order valence-electron chi connectivity index (χ1n) is 8.96. The van der Waals surface area contributed by atoms with Crippen LogP contribution < -0.4 is 10.2 Å². The smallest absolute Gasteiger partial charge is 0.277 e. The molecule has 138 valence electrons. The van der Waals surface area contributed by atoms with Gasteiger partial charge in [0.25, 0.3) is 5.91 Å². The molecule has 0 bridgehead atoms. The van der Waals surface area contributed by atoms with E-state index in [1.807, 2.05) is 72.9 Å². The summed E-state index contributed by atoms with van der Waals surface area (Å²) in [6.45, 7) is -0.101. The van der Waals surface area contributed by atoms with Crippen molar-refractivity contribution >= 4 is 23.0 Å². The van der Waals surface area contributed by atoms with Gasteiger partial charge in [-0.05, 0) is 29.3 Å². The van der Waals surface area contributed by atoms with E-state index in [0.29, 0.717) is 5.75 Å². The lowest BCUT2D eigenvalue weighted by Crippen LogP contribution is -2.24. The number of nitrogens with zero attached hydrogens (tertiary/aromatic N) is 1. The Hall–Kier alpha value is -3.86. The Kier molecular flexibility index (Phi) is 5.15. The van der Waals surface area contributed by atoms with Gasteiger partial charge in [-0.2, -0.15) is 5.10 Å². The van der Waals surface area contributed by atoms with Gasteiger partial charge in [0.05, 0.1) is 6.21 Å². The number of hydrogen-bond acceptors (Lipinski definition) is 3. The van der Waals surface area contributed by atoms with Crippen LogP contribution >= 0.6 is 0 Å². The van der Waals surface area contributed by atoms with Gasteiger partial charge >= 0.3 is 0 Å². The Balaban J connectivity index is 1.30. The Bertz CT molecular complexity index is 1100. The molecule has 0 atom stereocenters. The van der Waals surface area contributed by atoms with Crippen molar-refractivity contribution in [2.75, 3.05) is 6.61 Å². The topological polar surface area (TPSA) is 66.5 Å². The number of benzene rings is 3. The number of amides is 1. The summed E-state index contributed by atoms with van der Waals surface area (Å²) in [5.41, 5.74) is 6.66.